The summed E-state index contributed by atoms with van der Waals surface area (Å²) in [5.41, 5.74) is 3.31. The van der Waals surface area contributed by atoms with Crippen molar-refractivity contribution in [1.82, 2.24) is 4.90 Å². The first-order valence-corrected chi connectivity index (χ1v) is 11.4. The zero-order valence-electron chi connectivity index (χ0n) is 19.6. The monoisotopic (exact) mass is 495 g/mol. The molecule has 10 heteroatoms. The van der Waals surface area contributed by atoms with Crippen molar-refractivity contribution in [2.45, 2.75) is 51.4 Å². The second kappa shape index (κ2) is 11.1. The molecule has 2 heterocycles. The Kier molecular flexibility index (Phi) is 8.37. The Morgan fingerprint density at radius 2 is 1.80 bits per heavy atom. The van der Waals surface area contributed by atoms with Gasteiger partial charge in [-0.1, -0.05) is 6.07 Å². The lowest BCUT2D eigenvalue weighted by Gasteiger charge is -2.28. The number of nitrogens with zero attached hydrogens (tertiary/aromatic N) is 2. The molecule has 2 aliphatic rings. The number of carbonyl (C=O) groups is 2. The Morgan fingerprint density at radius 3 is 2.37 bits per heavy atom. The number of carboxylic acids is 1. The highest BCUT2D eigenvalue weighted by Crippen LogP contribution is 2.30. The van der Waals surface area contributed by atoms with Gasteiger partial charge in [-0.2, -0.15) is 13.2 Å². The average Bonchev–Trinajstić information content (AvgIpc) is 3.44. The molecule has 0 bridgehead atoms. The van der Waals surface area contributed by atoms with Crippen LogP contribution in [0.15, 0.2) is 42.5 Å². The van der Waals surface area contributed by atoms with E-state index in [1.165, 1.54) is 43.6 Å². The number of amides is 1. The van der Waals surface area contributed by atoms with E-state index in [4.69, 9.17) is 9.90 Å². The summed E-state index contributed by atoms with van der Waals surface area (Å²) in [6.45, 7) is 7.71. The Morgan fingerprint density at radius 1 is 1.09 bits per heavy atom. The van der Waals surface area contributed by atoms with Crippen molar-refractivity contribution in [2.75, 3.05) is 29.9 Å². The summed E-state index contributed by atoms with van der Waals surface area (Å²) in [7, 11) is 0. The fraction of sp³-hybridized carbons (Fsp3) is 0.440. The van der Waals surface area contributed by atoms with Gasteiger partial charge in [0.2, 0.25) is 0 Å². The number of aliphatic carboxylic acids is 1. The number of benzene rings is 2. The lowest BCUT2D eigenvalue weighted by atomic mass is 10.1. The van der Waals surface area contributed by atoms with E-state index in [1.54, 1.807) is 12.1 Å². The maximum Gasteiger partial charge on any atom is 0.490 e. The minimum absolute atomic E-state index is 0.292. The number of likely N-dealkylation sites (tertiary alicyclic amines) is 1. The van der Waals surface area contributed by atoms with Crippen LogP contribution in [0.25, 0.3) is 0 Å². The summed E-state index contributed by atoms with van der Waals surface area (Å²) in [4.78, 5) is 26.4. The van der Waals surface area contributed by atoms with Gasteiger partial charge in [0.1, 0.15) is 5.82 Å². The molecule has 1 amide bonds. The normalized spacial score (nSPS) is 20.3. The quantitative estimate of drug-likeness (QED) is 0.579. The Balaban J connectivity index is 0.000000429. The van der Waals surface area contributed by atoms with Crippen LogP contribution >= 0.6 is 0 Å². The highest BCUT2D eigenvalue weighted by molar-refractivity contribution is 6.04. The van der Waals surface area contributed by atoms with E-state index in [2.05, 4.69) is 34.2 Å². The number of hydrogen-bond acceptors (Lipinski definition) is 4. The number of aryl methyl sites for hydroxylation is 1. The second-order valence-electron chi connectivity index (χ2n) is 8.88. The van der Waals surface area contributed by atoms with Crippen molar-refractivity contribution in [1.29, 1.82) is 0 Å². The molecular formula is C25H29F4N3O3. The molecule has 2 aromatic carbocycles. The van der Waals surface area contributed by atoms with Crippen LogP contribution in [-0.2, 0) is 4.79 Å². The predicted molar refractivity (Wildman–Crippen MR) is 125 cm³/mol. The van der Waals surface area contributed by atoms with Gasteiger partial charge in [0.25, 0.3) is 5.91 Å². The number of alkyl halides is 3. The van der Waals surface area contributed by atoms with Crippen LogP contribution in [0.3, 0.4) is 0 Å². The average molecular weight is 496 g/mol. The zero-order valence-corrected chi connectivity index (χ0v) is 19.6. The van der Waals surface area contributed by atoms with Crippen LogP contribution in [0.2, 0.25) is 0 Å². The Hall–Kier alpha value is -3.14. The van der Waals surface area contributed by atoms with Crippen molar-refractivity contribution in [2.24, 2.45) is 0 Å². The van der Waals surface area contributed by atoms with E-state index in [9.17, 15) is 22.4 Å². The first-order valence-electron chi connectivity index (χ1n) is 11.4. The summed E-state index contributed by atoms with van der Waals surface area (Å²) in [6, 6.07) is 13.3. The number of rotatable bonds is 4. The SMILES string of the molecule is Cc1cc(N2CCC(N3CCCC3C)C2)ccc1NC(=O)c1cccc(F)c1.O=C(O)C(F)(F)F. The van der Waals surface area contributed by atoms with Gasteiger partial charge in [-0.15, -0.1) is 0 Å². The molecule has 2 saturated heterocycles. The fourth-order valence-electron chi connectivity index (χ4n) is 4.55. The van der Waals surface area contributed by atoms with Gasteiger partial charge in [0.05, 0.1) is 0 Å². The minimum atomic E-state index is -5.08. The van der Waals surface area contributed by atoms with E-state index in [0.717, 1.165) is 24.3 Å². The smallest absolute Gasteiger partial charge is 0.475 e. The maximum atomic E-state index is 13.4. The summed E-state index contributed by atoms with van der Waals surface area (Å²) in [5.74, 6) is -3.46. The fourth-order valence-corrected chi connectivity index (χ4v) is 4.55. The number of carbonyl (C=O) groups excluding carboxylic acids is 1. The Bertz CT molecular complexity index is 1060. The first kappa shape index (κ1) is 26.5. The van der Waals surface area contributed by atoms with E-state index in [0.29, 0.717) is 17.6 Å². The first-order chi connectivity index (χ1) is 16.5. The Labute approximate surface area is 201 Å². The third-order valence-electron chi connectivity index (χ3n) is 6.39. The number of carboxylic acid groups (broad SMARTS) is 1. The van der Waals surface area contributed by atoms with Crippen LogP contribution in [0.4, 0.5) is 28.9 Å². The highest BCUT2D eigenvalue weighted by atomic mass is 19.4. The number of anilines is 2. The second-order valence-corrected chi connectivity index (χ2v) is 8.88. The molecule has 2 unspecified atom stereocenters. The lowest BCUT2D eigenvalue weighted by Crippen LogP contribution is -2.39. The molecule has 0 spiro atoms. The predicted octanol–water partition coefficient (Wildman–Crippen LogP) is 5.08. The molecule has 0 aromatic heterocycles. The minimum Gasteiger partial charge on any atom is -0.475 e. The van der Waals surface area contributed by atoms with Crippen molar-refractivity contribution in [3.8, 4) is 0 Å². The number of halogens is 4. The van der Waals surface area contributed by atoms with Crippen LogP contribution in [0, 0.1) is 12.7 Å². The summed E-state index contributed by atoms with van der Waals surface area (Å²) < 4.78 is 45.1. The van der Waals surface area contributed by atoms with Gasteiger partial charge < -0.3 is 15.3 Å². The molecule has 2 atom stereocenters. The summed E-state index contributed by atoms with van der Waals surface area (Å²) in [5, 5.41) is 10.0. The summed E-state index contributed by atoms with van der Waals surface area (Å²) in [6.07, 6.45) is -1.24. The van der Waals surface area contributed by atoms with E-state index >= 15 is 0 Å². The molecule has 0 radical (unpaired) electrons. The number of nitrogens with one attached hydrogen (secondary N) is 1. The third-order valence-corrected chi connectivity index (χ3v) is 6.39. The van der Waals surface area contributed by atoms with Crippen molar-refractivity contribution in [3.05, 3.63) is 59.4 Å². The summed E-state index contributed by atoms with van der Waals surface area (Å²) >= 11 is 0. The molecule has 4 rings (SSSR count). The standard InChI is InChI=1S/C23H28FN3O.C2HF3O2/c1-16-13-20(26-12-10-21(15-26)27-11-4-5-17(27)2)8-9-22(16)25-23(28)18-6-3-7-19(24)14-18;3-2(4,5)1(6)7/h3,6-9,13-14,17,21H,4-5,10-12,15H2,1-2H3,(H,25,28);(H,6,7). The van der Waals surface area contributed by atoms with E-state index < -0.39 is 18.0 Å². The maximum absolute atomic E-state index is 13.4. The van der Waals surface area contributed by atoms with Crippen LogP contribution < -0.4 is 10.2 Å². The van der Waals surface area contributed by atoms with E-state index in [1.807, 2.05) is 13.0 Å². The molecule has 6 nitrogen and oxygen atoms in total. The van der Waals surface area contributed by atoms with Crippen molar-refractivity contribution < 1.29 is 32.3 Å². The van der Waals surface area contributed by atoms with Gasteiger partial charge in [0.15, 0.2) is 0 Å². The zero-order chi connectivity index (χ0) is 25.8. The molecule has 2 aliphatic heterocycles. The molecular weight excluding hydrogens is 466 g/mol. The van der Waals surface area contributed by atoms with Gasteiger partial charge in [0, 0.05) is 42.1 Å². The van der Waals surface area contributed by atoms with Crippen LogP contribution in [0.5, 0.6) is 0 Å². The molecule has 0 saturated carbocycles. The van der Waals surface area contributed by atoms with Crippen molar-refractivity contribution >= 4 is 23.3 Å². The highest BCUT2D eigenvalue weighted by Gasteiger charge is 2.38. The molecule has 2 aromatic rings. The van der Waals surface area contributed by atoms with E-state index in [-0.39, 0.29) is 5.91 Å². The largest absolute Gasteiger partial charge is 0.490 e. The van der Waals surface area contributed by atoms with Gasteiger partial charge in [-0.05, 0) is 81.6 Å². The van der Waals surface area contributed by atoms with Gasteiger partial charge in [-0.3, -0.25) is 9.69 Å². The molecule has 0 aliphatic carbocycles. The molecule has 2 N–H and O–H groups in total. The molecule has 35 heavy (non-hydrogen) atoms. The number of hydrogen-bond donors (Lipinski definition) is 2. The third kappa shape index (κ3) is 6.94. The van der Waals surface area contributed by atoms with Crippen LogP contribution in [-0.4, -0.2) is 59.8 Å². The lowest BCUT2D eigenvalue weighted by molar-refractivity contribution is -0.192. The topological polar surface area (TPSA) is 72.9 Å². The van der Waals surface area contributed by atoms with Crippen LogP contribution in [0.1, 0.15) is 42.1 Å². The molecule has 2 fully saturated rings. The van der Waals surface area contributed by atoms with Crippen molar-refractivity contribution in [3.63, 3.8) is 0 Å². The molecule has 190 valence electrons. The van der Waals surface area contributed by atoms with Gasteiger partial charge >= 0.3 is 12.1 Å². The van der Waals surface area contributed by atoms with Gasteiger partial charge in [-0.25, -0.2) is 9.18 Å².